The van der Waals surface area contributed by atoms with Crippen molar-refractivity contribution in [1.29, 1.82) is 0 Å². The minimum absolute atomic E-state index is 0.526. The molecule has 1 N–H and O–H groups in total. The van der Waals surface area contributed by atoms with Crippen LogP contribution in [0.15, 0.2) is 95.4 Å². The van der Waals surface area contributed by atoms with Crippen molar-refractivity contribution >= 4 is 33.9 Å². The quantitative estimate of drug-likeness (QED) is 0.260. The topological polar surface area (TPSA) is 75.8 Å². The molecule has 0 aliphatic carbocycles. The van der Waals surface area contributed by atoms with Crippen molar-refractivity contribution in [3.63, 3.8) is 0 Å². The molecule has 5 rings (SSSR count). The number of carbonyl (C=O) groups is 1. The summed E-state index contributed by atoms with van der Waals surface area (Å²) in [5, 5.41) is 11.7. The Labute approximate surface area is 209 Å². The minimum atomic E-state index is -1.29. The number of para-hydroxylation sites is 2. The second-order valence-corrected chi connectivity index (χ2v) is 9.34. The Morgan fingerprint density at radius 2 is 1.67 bits per heavy atom. The number of anilines is 1. The zero-order valence-corrected chi connectivity index (χ0v) is 20.3. The molecular weight excluding hydrogens is 452 g/mol. The van der Waals surface area contributed by atoms with Gasteiger partial charge >= 0.3 is 5.97 Å². The van der Waals surface area contributed by atoms with Gasteiger partial charge in [0.15, 0.2) is 11.2 Å². The Morgan fingerprint density at radius 1 is 0.944 bits per heavy atom. The van der Waals surface area contributed by atoms with Crippen LogP contribution < -0.4 is 9.64 Å². The van der Waals surface area contributed by atoms with Crippen LogP contribution in [0.3, 0.4) is 0 Å². The van der Waals surface area contributed by atoms with Crippen molar-refractivity contribution in [1.82, 2.24) is 4.98 Å². The molecule has 0 amide bonds. The van der Waals surface area contributed by atoms with Crippen molar-refractivity contribution in [3.8, 4) is 5.75 Å². The van der Waals surface area contributed by atoms with E-state index in [0.717, 1.165) is 23.1 Å². The molecule has 0 aliphatic heterocycles. The molecule has 6 nitrogen and oxygen atoms in total. The summed E-state index contributed by atoms with van der Waals surface area (Å²) in [4.78, 5) is 18.3. The Kier molecular flexibility index (Phi) is 6.34. The summed E-state index contributed by atoms with van der Waals surface area (Å²) in [6, 6.07) is 30.7. The molecule has 0 saturated carbocycles. The molecule has 6 heteroatoms. The largest absolute Gasteiger partial charge is 0.478 e. The second-order valence-electron chi connectivity index (χ2n) is 9.34. The van der Waals surface area contributed by atoms with Gasteiger partial charge in [0.25, 0.3) is 6.01 Å². The smallest absolute Gasteiger partial charge is 0.347 e. The summed E-state index contributed by atoms with van der Waals surface area (Å²) in [6.07, 6.45) is 0.756. The first-order valence-corrected chi connectivity index (χ1v) is 12.0. The van der Waals surface area contributed by atoms with Crippen molar-refractivity contribution in [2.24, 2.45) is 0 Å². The van der Waals surface area contributed by atoms with Crippen LogP contribution in [-0.2, 0) is 17.8 Å². The van der Waals surface area contributed by atoms with Crippen LogP contribution >= 0.6 is 0 Å². The van der Waals surface area contributed by atoms with Crippen molar-refractivity contribution in [2.75, 3.05) is 11.4 Å². The molecule has 0 aliphatic rings. The first-order chi connectivity index (χ1) is 17.4. The molecule has 0 unspecified atom stereocenters. The molecule has 0 spiro atoms. The summed E-state index contributed by atoms with van der Waals surface area (Å²) in [5.74, 6) is -0.480. The number of carboxylic acid groups (broad SMARTS) is 1. The number of rotatable bonds is 9. The van der Waals surface area contributed by atoms with Crippen molar-refractivity contribution < 1.29 is 19.1 Å². The van der Waals surface area contributed by atoms with E-state index in [2.05, 4.69) is 47.4 Å². The monoisotopic (exact) mass is 480 g/mol. The highest BCUT2D eigenvalue weighted by Crippen LogP contribution is 2.27. The van der Waals surface area contributed by atoms with E-state index >= 15 is 0 Å². The number of aromatic nitrogens is 1. The van der Waals surface area contributed by atoms with Gasteiger partial charge in [0, 0.05) is 13.1 Å². The third kappa shape index (κ3) is 5.03. The van der Waals surface area contributed by atoms with Gasteiger partial charge in [0.2, 0.25) is 0 Å². The number of fused-ring (bicyclic) bond motifs is 2. The van der Waals surface area contributed by atoms with Gasteiger partial charge in [-0.15, -0.1) is 0 Å². The third-order valence-corrected chi connectivity index (χ3v) is 6.28. The number of benzene rings is 4. The van der Waals surface area contributed by atoms with Crippen LogP contribution in [0.2, 0.25) is 0 Å². The first-order valence-electron chi connectivity index (χ1n) is 12.0. The van der Waals surface area contributed by atoms with E-state index in [1.165, 1.54) is 30.2 Å². The highest BCUT2D eigenvalue weighted by atomic mass is 16.5. The average Bonchev–Trinajstić information content (AvgIpc) is 3.31. The summed E-state index contributed by atoms with van der Waals surface area (Å²) in [6.45, 7) is 4.42. The molecule has 1 aromatic heterocycles. The molecule has 36 heavy (non-hydrogen) atoms. The summed E-state index contributed by atoms with van der Waals surface area (Å²) in [5.41, 5.74) is 2.62. The van der Waals surface area contributed by atoms with Gasteiger partial charge in [0.05, 0.1) is 0 Å². The van der Waals surface area contributed by atoms with Gasteiger partial charge in [-0.3, -0.25) is 0 Å². The SMILES string of the molecule is CC(C)(Oc1ccc(CCN(Cc2cccc3ccccc23)c2nc3ccccc3o2)cc1)C(=O)O. The molecule has 1 heterocycles. The molecular formula is C30H28N2O4. The molecule has 0 saturated heterocycles. The zero-order valence-electron chi connectivity index (χ0n) is 20.3. The van der Waals surface area contributed by atoms with E-state index in [1.807, 2.05) is 48.5 Å². The van der Waals surface area contributed by atoms with Gasteiger partial charge in [-0.2, -0.15) is 4.98 Å². The van der Waals surface area contributed by atoms with E-state index < -0.39 is 11.6 Å². The lowest BCUT2D eigenvalue weighted by Crippen LogP contribution is -2.37. The number of nitrogens with zero attached hydrogens (tertiary/aromatic N) is 2. The number of hydrogen-bond donors (Lipinski definition) is 1. The lowest BCUT2D eigenvalue weighted by molar-refractivity contribution is -0.152. The van der Waals surface area contributed by atoms with E-state index in [4.69, 9.17) is 14.1 Å². The molecule has 4 aromatic carbocycles. The number of oxazole rings is 1. The third-order valence-electron chi connectivity index (χ3n) is 6.28. The zero-order chi connectivity index (χ0) is 25.1. The summed E-state index contributed by atoms with van der Waals surface area (Å²) >= 11 is 0. The summed E-state index contributed by atoms with van der Waals surface area (Å²) < 4.78 is 11.8. The Morgan fingerprint density at radius 3 is 2.44 bits per heavy atom. The number of aliphatic carboxylic acids is 1. The van der Waals surface area contributed by atoms with Crippen LogP contribution in [0.1, 0.15) is 25.0 Å². The van der Waals surface area contributed by atoms with Gasteiger partial charge in [0.1, 0.15) is 11.3 Å². The Hall–Kier alpha value is -4.32. The molecule has 5 aromatic rings. The lowest BCUT2D eigenvalue weighted by atomic mass is 10.0. The fourth-order valence-corrected chi connectivity index (χ4v) is 4.20. The highest BCUT2D eigenvalue weighted by molar-refractivity contribution is 5.86. The van der Waals surface area contributed by atoms with Gasteiger partial charge < -0.3 is 19.2 Å². The van der Waals surface area contributed by atoms with E-state index in [9.17, 15) is 9.90 Å². The maximum atomic E-state index is 11.4. The molecule has 0 fully saturated rings. The maximum absolute atomic E-state index is 11.4. The molecule has 0 radical (unpaired) electrons. The second kappa shape index (κ2) is 9.74. The number of hydrogen-bond acceptors (Lipinski definition) is 5. The molecule has 182 valence electrons. The van der Waals surface area contributed by atoms with Gasteiger partial charge in [-0.05, 0) is 66.4 Å². The molecule has 0 atom stereocenters. The predicted octanol–water partition coefficient (Wildman–Crippen LogP) is 6.47. The van der Waals surface area contributed by atoms with Crippen molar-refractivity contribution in [2.45, 2.75) is 32.4 Å². The fraction of sp³-hybridized carbons (Fsp3) is 0.200. The normalized spacial score (nSPS) is 11.6. The average molecular weight is 481 g/mol. The van der Waals surface area contributed by atoms with Crippen LogP contribution in [0.25, 0.3) is 21.9 Å². The van der Waals surface area contributed by atoms with Crippen LogP contribution in [0.5, 0.6) is 5.75 Å². The lowest BCUT2D eigenvalue weighted by Gasteiger charge is -2.23. The van der Waals surface area contributed by atoms with Crippen molar-refractivity contribution in [3.05, 3.63) is 102 Å². The highest BCUT2D eigenvalue weighted by Gasteiger charge is 2.29. The predicted molar refractivity (Wildman–Crippen MR) is 141 cm³/mol. The van der Waals surface area contributed by atoms with Crippen LogP contribution in [0, 0.1) is 0 Å². The summed E-state index contributed by atoms with van der Waals surface area (Å²) in [7, 11) is 0. The van der Waals surface area contributed by atoms with E-state index in [-0.39, 0.29) is 0 Å². The first kappa shape index (κ1) is 23.4. The number of carboxylic acids is 1. The Bertz CT molecular complexity index is 1470. The molecule has 0 bridgehead atoms. The van der Waals surface area contributed by atoms with E-state index in [0.29, 0.717) is 24.9 Å². The number of ether oxygens (including phenoxy) is 1. The Balaban J connectivity index is 1.39. The fourth-order valence-electron chi connectivity index (χ4n) is 4.20. The van der Waals surface area contributed by atoms with Gasteiger partial charge in [-0.1, -0.05) is 66.7 Å². The maximum Gasteiger partial charge on any atom is 0.347 e. The minimum Gasteiger partial charge on any atom is -0.478 e. The van der Waals surface area contributed by atoms with E-state index in [1.54, 1.807) is 0 Å². The van der Waals surface area contributed by atoms with Gasteiger partial charge in [-0.25, -0.2) is 4.79 Å². The van der Waals surface area contributed by atoms with Crippen LogP contribution in [0.4, 0.5) is 6.01 Å². The standard InChI is InChI=1S/C30H28N2O4/c1-30(2,28(33)34)36-24-16-14-21(15-17-24)18-19-32(29-31-26-12-5-6-13-27(26)35-29)20-23-10-7-9-22-8-3-4-11-25(22)23/h3-17H,18-20H2,1-2H3,(H,33,34). The van der Waals surface area contributed by atoms with Crippen LogP contribution in [-0.4, -0.2) is 28.2 Å².